The SMILES string of the molecule is Cc1c(C)c2c(c(C)c1O)CCC(C)(CCN=C(N)NN)O2.I. The lowest BCUT2D eigenvalue weighted by molar-refractivity contribution is 0.0575. The van der Waals surface area contributed by atoms with Crippen molar-refractivity contribution in [3.05, 3.63) is 22.3 Å². The number of hydrazine groups is 1. The van der Waals surface area contributed by atoms with Crippen LogP contribution in [0.15, 0.2) is 4.99 Å². The minimum absolute atomic E-state index is 0. The summed E-state index contributed by atoms with van der Waals surface area (Å²) in [5.74, 6) is 6.72. The van der Waals surface area contributed by atoms with Crippen LogP contribution in [0.2, 0.25) is 0 Å². The summed E-state index contributed by atoms with van der Waals surface area (Å²) < 4.78 is 6.31. The van der Waals surface area contributed by atoms with Gasteiger partial charge >= 0.3 is 0 Å². The summed E-state index contributed by atoms with van der Waals surface area (Å²) >= 11 is 0. The Morgan fingerprint density at radius 1 is 1.30 bits per heavy atom. The second-order valence-electron chi connectivity index (χ2n) is 6.24. The predicted octanol–water partition coefficient (Wildman–Crippen LogP) is 2.19. The van der Waals surface area contributed by atoms with E-state index in [1.807, 2.05) is 20.8 Å². The van der Waals surface area contributed by atoms with E-state index in [1.165, 1.54) is 0 Å². The first-order valence-electron chi connectivity index (χ1n) is 7.56. The van der Waals surface area contributed by atoms with Gasteiger partial charge in [0.05, 0.1) is 0 Å². The molecule has 23 heavy (non-hydrogen) atoms. The summed E-state index contributed by atoms with van der Waals surface area (Å²) in [5, 5.41) is 10.2. The molecule has 0 bridgehead atoms. The van der Waals surface area contributed by atoms with Crippen molar-refractivity contribution in [3.63, 3.8) is 0 Å². The van der Waals surface area contributed by atoms with Gasteiger partial charge in [-0.2, -0.15) is 0 Å². The second kappa shape index (κ2) is 7.57. The van der Waals surface area contributed by atoms with Gasteiger partial charge in [-0.1, -0.05) is 0 Å². The number of phenols is 1. The van der Waals surface area contributed by atoms with Gasteiger partial charge in [-0.3, -0.25) is 10.4 Å². The van der Waals surface area contributed by atoms with Gasteiger partial charge in [0.1, 0.15) is 17.1 Å². The monoisotopic (exact) mass is 434 g/mol. The fourth-order valence-electron chi connectivity index (χ4n) is 2.93. The van der Waals surface area contributed by atoms with E-state index >= 15 is 0 Å². The van der Waals surface area contributed by atoms with Crippen LogP contribution in [0.1, 0.15) is 42.0 Å². The summed E-state index contributed by atoms with van der Waals surface area (Å²) in [7, 11) is 0. The average molecular weight is 434 g/mol. The summed E-state index contributed by atoms with van der Waals surface area (Å²) in [6.45, 7) is 8.51. The first-order valence-corrected chi connectivity index (χ1v) is 7.56. The summed E-state index contributed by atoms with van der Waals surface area (Å²) in [4.78, 5) is 4.15. The van der Waals surface area contributed by atoms with E-state index in [-0.39, 0.29) is 35.5 Å². The number of ether oxygens (including phenoxy) is 1. The van der Waals surface area contributed by atoms with Gasteiger partial charge in [-0.15, -0.1) is 24.0 Å². The molecule has 0 spiro atoms. The Labute approximate surface area is 154 Å². The normalized spacial score (nSPS) is 20.3. The fourth-order valence-corrected chi connectivity index (χ4v) is 2.93. The van der Waals surface area contributed by atoms with E-state index in [2.05, 4.69) is 17.3 Å². The van der Waals surface area contributed by atoms with E-state index in [9.17, 15) is 5.11 Å². The number of aliphatic imine (C=N–C) groups is 1. The van der Waals surface area contributed by atoms with E-state index in [4.69, 9.17) is 16.3 Å². The zero-order chi connectivity index (χ0) is 16.5. The molecule has 6 nitrogen and oxygen atoms in total. The van der Waals surface area contributed by atoms with Crippen molar-refractivity contribution in [2.24, 2.45) is 16.6 Å². The van der Waals surface area contributed by atoms with E-state index in [0.29, 0.717) is 12.3 Å². The Balaban J connectivity index is 0.00000264. The van der Waals surface area contributed by atoms with Crippen LogP contribution in [0.4, 0.5) is 0 Å². The molecule has 1 aromatic carbocycles. The number of guanidine groups is 1. The minimum atomic E-state index is -0.286. The molecule has 1 aliphatic heterocycles. The molecule has 0 radical (unpaired) electrons. The third-order valence-electron chi connectivity index (χ3n) is 4.66. The van der Waals surface area contributed by atoms with Gasteiger partial charge in [-0.05, 0) is 57.2 Å². The Kier molecular flexibility index (Phi) is 6.52. The Bertz CT molecular complexity index is 619. The number of halogens is 1. The highest BCUT2D eigenvalue weighted by Gasteiger charge is 2.34. The lowest BCUT2D eigenvalue weighted by atomic mass is 9.85. The van der Waals surface area contributed by atoms with Gasteiger partial charge in [0, 0.05) is 18.5 Å². The second-order valence-corrected chi connectivity index (χ2v) is 6.24. The number of rotatable bonds is 3. The highest BCUT2D eigenvalue weighted by Crippen LogP contribution is 2.43. The zero-order valence-corrected chi connectivity index (χ0v) is 16.5. The first kappa shape index (κ1) is 19.8. The molecule has 7 heteroatoms. The van der Waals surface area contributed by atoms with E-state index < -0.39 is 0 Å². The standard InChI is InChI=1S/C16H26N4O2.HI/c1-9-10(2)14-12(11(3)13(9)21)5-6-16(4,22-14)7-8-19-15(17)20-18;/h21H,5-8,18H2,1-4H3,(H3,17,19,20);1H. The number of hydrogen-bond acceptors (Lipinski definition) is 4. The molecule has 1 aliphatic rings. The molecular weight excluding hydrogens is 407 g/mol. The zero-order valence-electron chi connectivity index (χ0n) is 14.2. The van der Waals surface area contributed by atoms with Crippen LogP contribution in [0, 0.1) is 20.8 Å². The van der Waals surface area contributed by atoms with Crippen molar-refractivity contribution in [1.82, 2.24) is 5.43 Å². The molecule has 2 rings (SSSR count). The number of fused-ring (bicyclic) bond motifs is 1. The van der Waals surface area contributed by atoms with Crippen molar-refractivity contribution in [2.45, 2.75) is 52.6 Å². The topological polar surface area (TPSA) is 106 Å². The molecule has 0 saturated heterocycles. The molecule has 0 amide bonds. The molecule has 1 aromatic rings. The van der Waals surface area contributed by atoms with Crippen LogP contribution in [0.25, 0.3) is 0 Å². The van der Waals surface area contributed by atoms with Crippen molar-refractivity contribution < 1.29 is 9.84 Å². The fraction of sp³-hybridized carbons (Fsp3) is 0.562. The lowest BCUT2D eigenvalue weighted by Crippen LogP contribution is -2.39. The van der Waals surface area contributed by atoms with Crippen LogP contribution in [-0.2, 0) is 6.42 Å². The maximum absolute atomic E-state index is 10.2. The third kappa shape index (κ3) is 4.00. The van der Waals surface area contributed by atoms with Crippen LogP contribution in [-0.4, -0.2) is 23.2 Å². The number of nitrogens with one attached hydrogen (secondary N) is 1. The molecule has 1 unspecified atom stereocenters. The van der Waals surface area contributed by atoms with Gasteiger partial charge in [0.15, 0.2) is 0 Å². The molecule has 130 valence electrons. The first-order chi connectivity index (χ1) is 10.3. The molecule has 1 heterocycles. The molecular formula is C16H27IN4O2. The van der Waals surface area contributed by atoms with E-state index in [1.54, 1.807) is 0 Å². The molecule has 0 aliphatic carbocycles. The van der Waals surface area contributed by atoms with Gasteiger partial charge in [-0.25, -0.2) is 5.84 Å². The number of aromatic hydroxyl groups is 1. The van der Waals surface area contributed by atoms with Crippen molar-refractivity contribution >= 4 is 29.9 Å². The number of nitrogens with two attached hydrogens (primary N) is 2. The average Bonchev–Trinajstić information content (AvgIpc) is 2.50. The van der Waals surface area contributed by atoms with Crippen molar-refractivity contribution in [2.75, 3.05) is 6.54 Å². The molecule has 0 aromatic heterocycles. The number of phenolic OH excluding ortho intramolecular Hbond substituents is 1. The predicted molar refractivity (Wildman–Crippen MR) is 104 cm³/mol. The third-order valence-corrected chi connectivity index (χ3v) is 4.66. The molecule has 0 saturated carbocycles. The van der Waals surface area contributed by atoms with Crippen molar-refractivity contribution in [3.8, 4) is 11.5 Å². The molecule has 1 atom stereocenters. The van der Waals surface area contributed by atoms with Crippen LogP contribution >= 0.6 is 24.0 Å². The van der Waals surface area contributed by atoms with E-state index in [0.717, 1.165) is 47.3 Å². The van der Waals surface area contributed by atoms with Crippen LogP contribution in [0.3, 0.4) is 0 Å². The van der Waals surface area contributed by atoms with Gasteiger partial charge < -0.3 is 15.6 Å². The van der Waals surface area contributed by atoms with Crippen molar-refractivity contribution in [1.29, 1.82) is 0 Å². The Morgan fingerprint density at radius 2 is 1.96 bits per heavy atom. The highest BCUT2D eigenvalue weighted by molar-refractivity contribution is 14.0. The molecule has 6 N–H and O–H groups in total. The quantitative estimate of drug-likeness (QED) is 0.192. The summed E-state index contributed by atoms with van der Waals surface area (Å²) in [6, 6.07) is 0. The smallest absolute Gasteiger partial charge is 0.203 e. The maximum Gasteiger partial charge on any atom is 0.203 e. The lowest BCUT2D eigenvalue weighted by Gasteiger charge is -2.37. The van der Waals surface area contributed by atoms with Gasteiger partial charge in [0.25, 0.3) is 0 Å². The Morgan fingerprint density at radius 3 is 2.57 bits per heavy atom. The summed E-state index contributed by atoms with van der Waals surface area (Å²) in [6.07, 6.45) is 2.53. The molecule has 0 fully saturated rings. The minimum Gasteiger partial charge on any atom is -0.507 e. The van der Waals surface area contributed by atoms with Crippen LogP contribution < -0.4 is 21.7 Å². The highest BCUT2D eigenvalue weighted by atomic mass is 127. The van der Waals surface area contributed by atoms with Gasteiger partial charge in [0.2, 0.25) is 5.96 Å². The largest absolute Gasteiger partial charge is 0.507 e. The Hall–Kier alpha value is -1.22. The summed E-state index contributed by atoms with van der Waals surface area (Å²) in [5.41, 5.74) is 11.5. The number of hydrogen-bond donors (Lipinski definition) is 4. The number of benzene rings is 1. The maximum atomic E-state index is 10.2. The number of nitrogens with zero attached hydrogens (tertiary/aromatic N) is 1. The van der Waals surface area contributed by atoms with Crippen LogP contribution in [0.5, 0.6) is 11.5 Å².